The topological polar surface area (TPSA) is 97.0 Å². The highest BCUT2D eigenvalue weighted by atomic mass is 16.1. The van der Waals surface area contributed by atoms with Gasteiger partial charge in [0.25, 0.3) is 5.91 Å². The van der Waals surface area contributed by atoms with Gasteiger partial charge in [0.2, 0.25) is 5.82 Å². The molecule has 1 aliphatic heterocycles. The lowest BCUT2D eigenvalue weighted by Crippen LogP contribution is -2.35. The number of aromatic nitrogens is 3. The first-order valence-electron chi connectivity index (χ1n) is 9.93. The Morgan fingerprint density at radius 3 is 2.90 bits per heavy atom. The third-order valence-corrected chi connectivity index (χ3v) is 5.68. The summed E-state index contributed by atoms with van der Waals surface area (Å²) in [6, 6.07) is 11.0. The summed E-state index contributed by atoms with van der Waals surface area (Å²) in [5.74, 6) is 0.292. The molecule has 0 radical (unpaired) electrons. The van der Waals surface area contributed by atoms with Crippen LogP contribution in [0.25, 0.3) is 10.9 Å². The normalized spacial score (nSPS) is 17.6. The highest BCUT2D eigenvalue weighted by Crippen LogP contribution is 2.26. The van der Waals surface area contributed by atoms with E-state index in [0.717, 1.165) is 47.5 Å². The molecule has 29 heavy (non-hydrogen) atoms. The second kappa shape index (κ2) is 7.75. The van der Waals surface area contributed by atoms with Crippen LogP contribution in [-0.4, -0.2) is 40.0 Å². The van der Waals surface area contributed by atoms with Crippen molar-refractivity contribution in [1.29, 1.82) is 0 Å². The monoisotopic (exact) mass is 390 g/mol. The number of carbonyl (C=O) groups excluding carboxylic acids is 1. The van der Waals surface area contributed by atoms with Gasteiger partial charge in [0.15, 0.2) is 0 Å². The van der Waals surface area contributed by atoms with Crippen molar-refractivity contribution in [3.63, 3.8) is 0 Å². The summed E-state index contributed by atoms with van der Waals surface area (Å²) in [6.45, 7) is 7.76. The van der Waals surface area contributed by atoms with Gasteiger partial charge in [-0.05, 0) is 51.0 Å². The van der Waals surface area contributed by atoms with Crippen LogP contribution in [0.5, 0.6) is 0 Å². The van der Waals surface area contributed by atoms with E-state index in [1.165, 1.54) is 5.56 Å². The second-order valence-electron chi connectivity index (χ2n) is 7.72. The third-order valence-electron chi connectivity index (χ3n) is 5.68. The molecule has 1 saturated heterocycles. The van der Waals surface area contributed by atoms with E-state index < -0.39 is 5.91 Å². The van der Waals surface area contributed by atoms with Crippen LogP contribution in [0.3, 0.4) is 0 Å². The standard InChI is InChI=1S/C22H26N6O/c1-13-14(2)26-21(20(23)29)27-22(13)28-10-8-18(12-28)25-15(3)16-6-7-19-17(11-16)5-4-9-24-19/h4-7,9,11,15,18,25H,8,10,12H2,1-3H3,(H2,23,29)/t15?,18-/m1/s1. The van der Waals surface area contributed by atoms with E-state index in [-0.39, 0.29) is 11.9 Å². The number of aryl methyl sites for hydroxylation is 1. The minimum Gasteiger partial charge on any atom is -0.363 e. The minimum absolute atomic E-state index is 0.0812. The Hall–Kier alpha value is -3.06. The van der Waals surface area contributed by atoms with Gasteiger partial charge in [-0.2, -0.15) is 0 Å². The Kier molecular flexibility index (Phi) is 5.15. The quantitative estimate of drug-likeness (QED) is 0.695. The van der Waals surface area contributed by atoms with E-state index in [4.69, 9.17) is 5.73 Å². The first-order valence-corrected chi connectivity index (χ1v) is 9.93. The summed E-state index contributed by atoms with van der Waals surface area (Å²) in [5, 5.41) is 4.88. The van der Waals surface area contributed by atoms with E-state index in [1.807, 2.05) is 26.1 Å². The molecule has 7 heteroatoms. The van der Waals surface area contributed by atoms with Crippen molar-refractivity contribution < 1.29 is 4.79 Å². The highest BCUT2D eigenvalue weighted by molar-refractivity contribution is 5.89. The summed E-state index contributed by atoms with van der Waals surface area (Å²) < 4.78 is 0. The lowest BCUT2D eigenvalue weighted by molar-refractivity contribution is 0.0990. The van der Waals surface area contributed by atoms with Gasteiger partial charge in [0.1, 0.15) is 5.82 Å². The Morgan fingerprint density at radius 2 is 2.10 bits per heavy atom. The predicted molar refractivity (Wildman–Crippen MR) is 114 cm³/mol. The molecular formula is C22H26N6O. The van der Waals surface area contributed by atoms with E-state index in [1.54, 1.807) is 0 Å². The summed E-state index contributed by atoms with van der Waals surface area (Å²) >= 11 is 0. The number of nitrogens with one attached hydrogen (secondary N) is 1. The molecule has 1 fully saturated rings. The number of anilines is 1. The van der Waals surface area contributed by atoms with Gasteiger partial charge in [-0.3, -0.25) is 9.78 Å². The van der Waals surface area contributed by atoms with Crippen LogP contribution >= 0.6 is 0 Å². The van der Waals surface area contributed by atoms with Crippen LogP contribution in [0.1, 0.15) is 46.8 Å². The first-order chi connectivity index (χ1) is 13.9. The number of amides is 1. The number of nitrogens with zero attached hydrogens (tertiary/aromatic N) is 4. The molecule has 3 heterocycles. The molecular weight excluding hydrogens is 364 g/mol. The molecule has 1 aliphatic rings. The van der Waals surface area contributed by atoms with E-state index in [2.05, 4.69) is 56.4 Å². The molecule has 0 spiro atoms. The van der Waals surface area contributed by atoms with Crippen molar-refractivity contribution in [2.75, 3.05) is 18.0 Å². The van der Waals surface area contributed by atoms with E-state index >= 15 is 0 Å². The second-order valence-corrected chi connectivity index (χ2v) is 7.72. The Balaban J connectivity index is 1.48. The number of fused-ring (bicyclic) bond motifs is 1. The lowest BCUT2D eigenvalue weighted by atomic mass is 10.0. The van der Waals surface area contributed by atoms with Crippen LogP contribution in [0.2, 0.25) is 0 Å². The van der Waals surface area contributed by atoms with E-state index in [9.17, 15) is 4.79 Å². The highest BCUT2D eigenvalue weighted by Gasteiger charge is 2.27. The minimum atomic E-state index is -0.595. The van der Waals surface area contributed by atoms with Gasteiger partial charge in [-0.15, -0.1) is 0 Å². The Morgan fingerprint density at radius 1 is 1.28 bits per heavy atom. The van der Waals surface area contributed by atoms with E-state index in [0.29, 0.717) is 6.04 Å². The Labute approximate surface area is 170 Å². The molecule has 3 aromatic rings. The van der Waals surface area contributed by atoms with Crippen molar-refractivity contribution in [3.05, 3.63) is 59.2 Å². The summed E-state index contributed by atoms with van der Waals surface area (Å²) in [6.07, 6.45) is 2.82. The maximum Gasteiger partial charge on any atom is 0.286 e. The predicted octanol–water partition coefficient (Wildman–Crippen LogP) is 2.67. The fourth-order valence-electron chi connectivity index (χ4n) is 3.93. The van der Waals surface area contributed by atoms with Crippen LogP contribution in [0.4, 0.5) is 5.82 Å². The molecule has 0 bridgehead atoms. The molecule has 0 saturated carbocycles. The van der Waals surface area contributed by atoms with Gasteiger partial charge in [-0.25, -0.2) is 9.97 Å². The molecule has 2 atom stereocenters. The summed E-state index contributed by atoms with van der Waals surface area (Å²) in [4.78, 5) is 26.8. The van der Waals surface area contributed by atoms with Crippen molar-refractivity contribution in [3.8, 4) is 0 Å². The SMILES string of the molecule is Cc1nc(C(N)=O)nc(N2CC[C@@H](NC(C)c3ccc4ncccc4c3)C2)c1C. The van der Waals surface area contributed by atoms with Crippen LogP contribution in [0, 0.1) is 13.8 Å². The number of nitrogens with two attached hydrogens (primary N) is 1. The number of primary amides is 1. The maximum absolute atomic E-state index is 11.6. The molecule has 0 aliphatic carbocycles. The van der Waals surface area contributed by atoms with Crippen LogP contribution < -0.4 is 16.0 Å². The van der Waals surface area contributed by atoms with Gasteiger partial charge < -0.3 is 16.0 Å². The van der Waals surface area contributed by atoms with Crippen molar-refractivity contribution in [1.82, 2.24) is 20.3 Å². The van der Waals surface area contributed by atoms with Gasteiger partial charge in [0, 0.05) is 48.0 Å². The molecule has 7 nitrogen and oxygen atoms in total. The molecule has 1 unspecified atom stereocenters. The van der Waals surface area contributed by atoms with Crippen molar-refractivity contribution >= 4 is 22.6 Å². The number of hydrogen-bond acceptors (Lipinski definition) is 6. The molecule has 4 rings (SSSR count). The van der Waals surface area contributed by atoms with Crippen molar-refractivity contribution in [2.24, 2.45) is 5.73 Å². The smallest absolute Gasteiger partial charge is 0.286 e. The summed E-state index contributed by atoms with van der Waals surface area (Å²) in [5.41, 5.74) is 9.43. The zero-order chi connectivity index (χ0) is 20.5. The number of pyridine rings is 1. The number of carbonyl (C=O) groups is 1. The average molecular weight is 390 g/mol. The third kappa shape index (κ3) is 3.91. The maximum atomic E-state index is 11.6. The van der Waals surface area contributed by atoms with Gasteiger partial charge in [0.05, 0.1) is 5.52 Å². The molecule has 2 aromatic heterocycles. The number of benzene rings is 1. The average Bonchev–Trinajstić information content (AvgIpc) is 3.17. The largest absolute Gasteiger partial charge is 0.363 e. The molecule has 150 valence electrons. The number of hydrogen-bond donors (Lipinski definition) is 2. The zero-order valence-corrected chi connectivity index (χ0v) is 17.0. The van der Waals surface area contributed by atoms with Crippen LogP contribution in [-0.2, 0) is 0 Å². The molecule has 1 aromatic carbocycles. The van der Waals surface area contributed by atoms with Gasteiger partial charge in [-0.1, -0.05) is 12.1 Å². The lowest BCUT2D eigenvalue weighted by Gasteiger charge is -2.23. The van der Waals surface area contributed by atoms with Gasteiger partial charge >= 0.3 is 0 Å². The first kappa shape index (κ1) is 19.3. The Bertz CT molecular complexity index is 1070. The zero-order valence-electron chi connectivity index (χ0n) is 17.0. The van der Waals surface area contributed by atoms with Crippen LogP contribution in [0.15, 0.2) is 36.5 Å². The van der Waals surface area contributed by atoms with Crippen molar-refractivity contribution in [2.45, 2.75) is 39.3 Å². The molecule has 1 amide bonds. The summed E-state index contributed by atoms with van der Waals surface area (Å²) in [7, 11) is 0. The number of rotatable bonds is 5. The fraction of sp³-hybridized carbons (Fsp3) is 0.364. The molecule has 3 N–H and O–H groups in total. The fourth-order valence-corrected chi connectivity index (χ4v) is 3.93.